The second kappa shape index (κ2) is 11.2. The molecule has 0 aliphatic rings. The lowest BCUT2D eigenvalue weighted by Crippen LogP contribution is -2.10. The van der Waals surface area contributed by atoms with E-state index < -0.39 is 0 Å². The van der Waals surface area contributed by atoms with Gasteiger partial charge in [0.05, 0.1) is 0 Å². The molecule has 8 aromatic carbocycles. The van der Waals surface area contributed by atoms with Crippen molar-refractivity contribution in [2.24, 2.45) is 0 Å². The van der Waals surface area contributed by atoms with Gasteiger partial charge >= 0.3 is 0 Å². The van der Waals surface area contributed by atoms with Crippen LogP contribution in [0.5, 0.6) is 0 Å². The summed E-state index contributed by atoms with van der Waals surface area (Å²) in [6.07, 6.45) is 0. The monoisotopic (exact) mass is 643 g/mol. The van der Waals surface area contributed by atoms with Crippen molar-refractivity contribution >= 4 is 81.3 Å². The number of para-hydroxylation sites is 1. The third-order valence-corrected chi connectivity index (χ3v) is 10.8. The summed E-state index contributed by atoms with van der Waals surface area (Å²) in [5.41, 5.74) is 9.81. The van der Waals surface area contributed by atoms with Gasteiger partial charge in [-0.25, -0.2) is 0 Å². The largest absolute Gasteiger partial charge is 0.456 e. The van der Waals surface area contributed by atoms with Crippen LogP contribution in [0.15, 0.2) is 180 Å². The van der Waals surface area contributed by atoms with Crippen LogP contribution in [-0.4, -0.2) is 0 Å². The Morgan fingerprint density at radius 1 is 0.388 bits per heavy atom. The maximum absolute atomic E-state index is 6.40. The van der Waals surface area contributed by atoms with Crippen molar-refractivity contribution in [3.8, 4) is 22.3 Å². The molecule has 230 valence electrons. The van der Waals surface area contributed by atoms with Crippen molar-refractivity contribution in [2.45, 2.75) is 0 Å². The minimum atomic E-state index is 0.875. The van der Waals surface area contributed by atoms with Gasteiger partial charge in [-0.05, 0) is 87.6 Å². The Bertz CT molecular complexity index is 2850. The summed E-state index contributed by atoms with van der Waals surface area (Å²) < 4.78 is 9.02. The first-order valence-electron chi connectivity index (χ1n) is 16.6. The topological polar surface area (TPSA) is 16.4 Å². The smallest absolute Gasteiger partial charge is 0.137 e. The SMILES string of the molecule is c1cc(-c2cccc3ccccc23)cc(N(c2cccc(-c3cccc4sc5ccccc5c34)c2)c2ccc3c(c2)oc2ccccc23)c1. The van der Waals surface area contributed by atoms with Gasteiger partial charge in [0.1, 0.15) is 11.2 Å². The molecule has 10 rings (SSSR count). The van der Waals surface area contributed by atoms with Gasteiger partial charge in [0.15, 0.2) is 0 Å². The van der Waals surface area contributed by atoms with Gasteiger partial charge < -0.3 is 9.32 Å². The molecule has 2 aromatic heterocycles. The Kier molecular flexibility index (Phi) is 6.39. The number of benzene rings is 8. The predicted molar refractivity (Wildman–Crippen MR) is 210 cm³/mol. The molecular weight excluding hydrogens is 615 g/mol. The van der Waals surface area contributed by atoms with Crippen LogP contribution in [0.3, 0.4) is 0 Å². The number of anilines is 3. The van der Waals surface area contributed by atoms with Crippen molar-refractivity contribution in [3.63, 3.8) is 0 Å². The highest BCUT2D eigenvalue weighted by molar-refractivity contribution is 7.25. The van der Waals surface area contributed by atoms with Crippen LogP contribution in [0.4, 0.5) is 17.1 Å². The summed E-state index contributed by atoms with van der Waals surface area (Å²) in [7, 11) is 0. The molecule has 0 atom stereocenters. The Hall–Kier alpha value is -6.16. The zero-order valence-electron chi connectivity index (χ0n) is 26.5. The van der Waals surface area contributed by atoms with Gasteiger partial charge in [-0.3, -0.25) is 0 Å². The molecule has 0 fully saturated rings. The van der Waals surface area contributed by atoms with Crippen LogP contribution in [0, 0.1) is 0 Å². The minimum Gasteiger partial charge on any atom is -0.456 e. The summed E-state index contributed by atoms with van der Waals surface area (Å²) in [6.45, 7) is 0. The lowest BCUT2D eigenvalue weighted by atomic mass is 9.97. The van der Waals surface area contributed by atoms with E-state index in [9.17, 15) is 0 Å². The van der Waals surface area contributed by atoms with Crippen molar-refractivity contribution < 1.29 is 4.42 Å². The maximum Gasteiger partial charge on any atom is 0.137 e. The third-order valence-electron chi connectivity index (χ3n) is 9.64. The molecule has 0 bridgehead atoms. The fourth-order valence-corrected chi connectivity index (χ4v) is 8.55. The lowest BCUT2D eigenvalue weighted by Gasteiger charge is -2.26. The van der Waals surface area contributed by atoms with Crippen molar-refractivity contribution in [2.75, 3.05) is 4.90 Å². The molecular formula is C46H29NOS. The first-order valence-corrected chi connectivity index (χ1v) is 17.4. The lowest BCUT2D eigenvalue weighted by molar-refractivity contribution is 0.669. The number of hydrogen-bond acceptors (Lipinski definition) is 3. The molecule has 0 aliphatic heterocycles. The average Bonchev–Trinajstić information content (AvgIpc) is 3.73. The van der Waals surface area contributed by atoms with Crippen LogP contribution >= 0.6 is 11.3 Å². The molecule has 0 unspecified atom stereocenters. The number of thiophene rings is 1. The minimum absolute atomic E-state index is 0.875. The zero-order valence-corrected chi connectivity index (χ0v) is 27.3. The maximum atomic E-state index is 6.40. The number of hydrogen-bond donors (Lipinski definition) is 0. The summed E-state index contributed by atoms with van der Waals surface area (Å²) >= 11 is 1.86. The molecule has 0 spiro atoms. The molecule has 0 radical (unpaired) electrons. The zero-order chi connectivity index (χ0) is 32.3. The van der Waals surface area contributed by atoms with Gasteiger partial charge in [-0.2, -0.15) is 0 Å². The van der Waals surface area contributed by atoms with Gasteiger partial charge in [0.2, 0.25) is 0 Å². The Labute approximate surface area is 287 Å². The second-order valence-electron chi connectivity index (χ2n) is 12.5. The summed E-state index contributed by atoms with van der Waals surface area (Å²) in [5.74, 6) is 0. The molecule has 0 saturated carbocycles. The van der Waals surface area contributed by atoms with Crippen molar-refractivity contribution in [1.29, 1.82) is 0 Å². The van der Waals surface area contributed by atoms with E-state index in [2.05, 4.69) is 169 Å². The third kappa shape index (κ3) is 4.62. The summed E-state index contributed by atoms with van der Waals surface area (Å²) in [6, 6.07) is 63.3. The number of fused-ring (bicyclic) bond motifs is 7. The van der Waals surface area contributed by atoms with Gasteiger partial charge in [0.25, 0.3) is 0 Å². The fourth-order valence-electron chi connectivity index (χ4n) is 7.42. The Balaban J connectivity index is 1.18. The highest BCUT2D eigenvalue weighted by atomic mass is 32.1. The van der Waals surface area contributed by atoms with Crippen molar-refractivity contribution in [3.05, 3.63) is 176 Å². The van der Waals surface area contributed by atoms with Crippen LogP contribution in [-0.2, 0) is 0 Å². The number of nitrogens with zero attached hydrogens (tertiary/aromatic N) is 1. The van der Waals surface area contributed by atoms with Crippen LogP contribution in [0.2, 0.25) is 0 Å². The molecule has 0 amide bonds. The summed E-state index contributed by atoms with van der Waals surface area (Å²) in [4.78, 5) is 2.36. The van der Waals surface area contributed by atoms with Crippen LogP contribution in [0.1, 0.15) is 0 Å². The van der Waals surface area contributed by atoms with E-state index in [1.807, 2.05) is 23.5 Å². The first kappa shape index (κ1) is 27.9. The van der Waals surface area contributed by atoms with E-state index >= 15 is 0 Å². The Morgan fingerprint density at radius 3 is 1.84 bits per heavy atom. The van der Waals surface area contributed by atoms with E-state index in [1.54, 1.807) is 0 Å². The van der Waals surface area contributed by atoms with E-state index in [0.717, 1.165) is 39.0 Å². The summed E-state index contributed by atoms with van der Waals surface area (Å²) in [5, 5.41) is 7.35. The Morgan fingerprint density at radius 2 is 0.980 bits per heavy atom. The average molecular weight is 644 g/mol. The van der Waals surface area contributed by atoms with E-state index in [-0.39, 0.29) is 0 Å². The molecule has 2 heterocycles. The molecule has 10 aromatic rings. The van der Waals surface area contributed by atoms with Gasteiger partial charge in [-0.1, -0.05) is 115 Å². The van der Waals surface area contributed by atoms with E-state index in [4.69, 9.17) is 4.42 Å². The molecule has 0 saturated heterocycles. The van der Waals surface area contributed by atoms with E-state index in [0.29, 0.717) is 0 Å². The van der Waals surface area contributed by atoms with Gasteiger partial charge in [-0.15, -0.1) is 11.3 Å². The number of furan rings is 1. The normalized spacial score (nSPS) is 11.7. The molecule has 0 aliphatic carbocycles. The highest BCUT2D eigenvalue weighted by Crippen LogP contribution is 2.44. The molecule has 49 heavy (non-hydrogen) atoms. The standard InChI is InChI=1S/C46H29NOS/c1-2-17-36-30(11-1)12-9-20-37(36)31-13-7-15-33(27-31)47(35-25-26-40-39-18-3-5-22-42(39)48-43(40)29-35)34-16-8-14-32(28-34)38-21-10-24-45-46(38)41-19-4-6-23-44(41)49-45/h1-29H. The van der Waals surface area contributed by atoms with Crippen LogP contribution in [0.25, 0.3) is 75.1 Å². The predicted octanol–water partition coefficient (Wildman–Crippen LogP) is 13.9. The second-order valence-corrected chi connectivity index (χ2v) is 13.6. The molecule has 2 nitrogen and oxygen atoms in total. The van der Waals surface area contributed by atoms with Gasteiger partial charge in [0, 0.05) is 54.1 Å². The quantitative estimate of drug-likeness (QED) is 0.186. The highest BCUT2D eigenvalue weighted by Gasteiger charge is 2.18. The van der Waals surface area contributed by atoms with E-state index in [1.165, 1.54) is 53.2 Å². The molecule has 3 heteroatoms. The van der Waals surface area contributed by atoms with Crippen molar-refractivity contribution in [1.82, 2.24) is 0 Å². The fraction of sp³-hybridized carbons (Fsp3) is 0. The molecule has 0 N–H and O–H groups in total. The van der Waals surface area contributed by atoms with Crippen LogP contribution < -0.4 is 4.90 Å². The number of rotatable bonds is 5. The first-order chi connectivity index (χ1) is 24.3.